The molecule has 4 aromatic carbocycles. The Morgan fingerprint density at radius 1 is 0.925 bits per heavy atom. The van der Waals surface area contributed by atoms with Crippen LogP contribution < -0.4 is 19.2 Å². The summed E-state index contributed by atoms with van der Waals surface area (Å²) in [4.78, 5) is 12.9. The lowest BCUT2D eigenvalue weighted by atomic mass is 10.2. The van der Waals surface area contributed by atoms with Crippen LogP contribution in [-0.4, -0.2) is 34.2 Å². The summed E-state index contributed by atoms with van der Waals surface area (Å²) in [5.74, 6) is 0.603. The van der Waals surface area contributed by atoms with E-state index in [2.05, 4.69) is 10.5 Å². The van der Waals surface area contributed by atoms with Crippen LogP contribution in [0.2, 0.25) is 5.02 Å². The highest BCUT2D eigenvalue weighted by molar-refractivity contribution is 7.92. The van der Waals surface area contributed by atoms with Gasteiger partial charge in [-0.1, -0.05) is 47.5 Å². The van der Waals surface area contributed by atoms with Gasteiger partial charge >= 0.3 is 0 Å². The zero-order valence-corrected chi connectivity index (χ0v) is 23.5. The van der Waals surface area contributed by atoms with E-state index in [-0.39, 0.29) is 4.90 Å². The number of sulfonamides is 1. The van der Waals surface area contributed by atoms with Crippen LogP contribution in [-0.2, 0) is 21.4 Å². The monoisotopic (exact) mass is 577 g/mol. The molecule has 0 aromatic heterocycles. The lowest BCUT2D eigenvalue weighted by molar-refractivity contribution is -0.119. The minimum absolute atomic E-state index is 0.0714. The van der Waals surface area contributed by atoms with Crippen LogP contribution in [0.3, 0.4) is 0 Å². The number of hydrogen-bond donors (Lipinski definition) is 1. The van der Waals surface area contributed by atoms with Crippen molar-refractivity contribution >= 4 is 39.4 Å². The zero-order chi connectivity index (χ0) is 28.5. The third-order valence-electron chi connectivity index (χ3n) is 5.89. The first-order valence-corrected chi connectivity index (χ1v) is 14.1. The normalized spacial score (nSPS) is 11.3. The Bertz CT molecular complexity index is 1570. The summed E-state index contributed by atoms with van der Waals surface area (Å²) in [6, 6.07) is 27.4. The van der Waals surface area contributed by atoms with Crippen LogP contribution >= 0.6 is 11.6 Å². The second kappa shape index (κ2) is 13.1. The number of ether oxygens (including phenoxy) is 2. The third-order valence-corrected chi connectivity index (χ3v) is 8.05. The van der Waals surface area contributed by atoms with Crippen LogP contribution in [0.4, 0.5) is 5.69 Å². The van der Waals surface area contributed by atoms with Crippen LogP contribution in [0.5, 0.6) is 11.5 Å². The second-order valence-corrected chi connectivity index (χ2v) is 11.0. The summed E-state index contributed by atoms with van der Waals surface area (Å²) < 4.78 is 38.9. The molecule has 1 N–H and O–H groups in total. The van der Waals surface area contributed by atoms with E-state index in [0.29, 0.717) is 34.4 Å². The van der Waals surface area contributed by atoms with E-state index in [9.17, 15) is 13.2 Å². The van der Waals surface area contributed by atoms with Gasteiger partial charge in [0.2, 0.25) is 0 Å². The van der Waals surface area contributed by atoms with Gasteiger partial charge in [-0.2, -0.15) is 5.10 Å². The number of benzene rings is 4. The minimum atomic E-state index is -4.04. The maximum absolute atomic E-state index is 13.5. The van der Waals surface area contributed by atoms with Gasteiger partial charge in [0.15, 0.2) is 0 Å². The molecule has 0 unspecified atom stereocenters. The van der Waals surface area contributed by atoms with Gasteiger partial charge in [0, 0.05) is 10.6 Å². The van der Waals surface area contributed by atoms with E-state index in [0.717, 1.165) is 15.4 Å². The van der Waals surface area contributed by atoms with Crippen molar-refractivity contribution in [3.63, 3.8) is 0 Å². The first-order valence-electron chi connectivity index (χ1n) is 12.3. The molecule has 0 aliphatic rings. The van der Waals surface area contributed by atoms with Gasteiger partial charge in [0.25, 0.3) is 15.9 Å². The molecule has 0 aliphatic heterocycles. The Kier molecular flexibility index (Phi) is 9.42. The SMILES string of the molecule is COc1ccc(N(CC(=O)N/N=C\c2ccc(OCc3ccccc3Cl)cc2)S(=O)(=O)c2ccc(C)cc2)cc1. The smallest absolute Gasteiger partial charge is 0.264 e. The highest BCUT2D eigenvalue weighted by Gasteiger charge is 2.27. The predicted octanol–water partition coefficient (Wildman–Crippen LogP) is 5.58. The quantitative estimate of drug-likeness (QED) is 0.185. The van der Waals surface area contributed by atoms with Gasteiger partial charge < -0.3 is 9.47 Å². The van der Waals surface area contributed by atoms with Crippen molar-refractivity contribution in [2.24, 2.45) is 5.10 Å². The third kappa shape index (κ3) is 7.40. The van der Waals surface area contributed by atoms with Crippen LogP contribution in [0.15, 0.2) is 107 Å². The second-order valence-electron chi connectivity index (χ2n) is 8.77. The summed E-state index contributed by atoms with van der Waals surface area (Å²) >= 11 is 6.17. The molecular weight excluding hydrogens is 550 g/mol. The standard InChI is InChI=1S/C30H28ClN3O5S/c1-22-7-17-28(18-8-22)40(36,37)34(25-11-15-26(38-2)16-12-25)20-30(35)33-32-19-23-9-13-27(14-10-23)39-21-24-5-3-4-6-29(24)31/h3-19H,20-21H2,1-2H3,(H,33,35)/b32-19-. The summed E-state index contributed by atoms with van der Waals surface area (Å²) in [5, 5.41) is 4.63. The molecule has 0 saturated carbocycles. The molecule has 0 bridgehead atoms. The Labute approximate surface area is 238 Å². The molecule has 1 amide bonds. The lowest BCUT2D eigenvalue weighted by Crippen LogP contribution is -2.39. The number of aryl methyl sites for hydroxylation is 1. The molecule has 0 spiro atoms. The Hall–Kier alpha value is -4.34. The highest BCUT2D eigenvalue weighted by Crippen LogP contribution is 2.26. The fourth-order valence-corrected chi connectivity index (χ4v) is 5.28. The van der Waals surface area contributed by atoms with E-state index >= 15 is 0 Å². The van der Waals surface area contributed by atoms with Crippen molar-refractivity contribution in [2.45, 2.75) is 18.4 Å². The summed E-state index contributed by atoms with van der Waals surface area (Å²) in [7, 11) is -2.52. The molecule has 206 valence electrons. The van der Waals surface area contributed by atoms with Crippen molar-refractivity contribution in [3.8, 4) is 11.5 Å². The largest absolute Gasteiger partial charge is 0.497 e. The fourth-order valence-electron chi connectivity index (χ4n) is 3.67. The van der Waals surface area contributed by atoms with Crippen molar-refractivity contribution in [1.82, 2.24) is 5.43 Å². The fraction of sp³-hybridized carbons (Fsp3) is 0.133. The Balaban J connectivity index is 1.41. The lowest BCUT2D eigenvalue weighted by Gasteiger charge is -2.24. The number of nitrogens with zero attached hydrogens (tertiary/aromatic N) is 2. The molecule has 0 saturated heterocycles. The number of amides is 1. The Morgan fingerprint density at radius 3 is 2.23 bits per heavy atom. The van der Waals surface area contributed by atoms with Crippen LogP contribution in [0.25, 0.3) is 0 Å². The summed E-state index contributed by atoms with van der Waals surface area (Å²) in [6.07, 6.45) is 1.46. The summed E-state index contributed by atoms with van der Waals surface area (Å²) in [5.41, 5.74) is 5.23. The average molecular weight is 578 g/mol. The first kappa shape index (κ1) is 28.7. The number of rotatable bonds is 11. The number of halogens is 1. The van der Waals surface area contributed by atoms with E-state index in [1.165, 1.54) is 25.5 Å². The molecule has 0 atom stereocenters. The number of hydrogen-bond acceptors (Lipinski definition) is 6. The molecule has 0 aliphatic carbocycles. The van der Waals surface area contributed by atoms with Crippen molar-refractivity contribution in [3.05, 3.63) is 119 Å². The Morgan fingerprint density at radius 2 is 1.57 bits per heavy atom. The van der Waals surface area contributed by atoms with Gasteiger partial charge in [-0.3, -0.25) is 9.10 Å². The van der Waals surface area contributed by atoms with Gasteiger partial charge in [-0.25, -0.2) is 13.8 Å². The first-order chi connectivity index (χ1) is 19.3. The molecule has 0 fully saturated rings. The van der Waals surface area contributed by atoms with Gasteiger partial charge in [-0.15, -0.1) is 0 Å². The van der Waals surface area contributed by atoms with Crippen LogP contribution in [0, 0.1) is 6.92 Å². The molecule has 4 rings (SSSR count). The van der Waals surface area contributed by atoms with E-state index in [1.54, 1.807) is 60.7 Å². The maximum Gasteiger partial charge on any atom is 0.264 e. The predicted molar refractivity (Wildman–Crippen MR) is 157 cm³/mol. The topological polar surface area (TPSA) is 97.3 Å². The molecule has 0 heterocycles. The molecule has 4 aromatic rings. The number of anilines is 1. The van der Waals surface area contributed by atoms with Crippen LogP contribution in [0.1, 0.15) is 16.7 Å². The average Bonchev–Trinajstić information content (AvgIpc) is 2.96. The van der Waals surface area contributed by atoms with Gasteiger partial charge in [0.1, 0.15) is 24.7 Å². The van der Waals surface area contributed by atoms with Gasteiger partial charge in [0.05, 0.1) is 23.9 Å². The molecular formula is C30H28ClN3O5S. The molecule has 10 heteroatoms. The molecule has 40 heavy (non-hydrogen) atoms. The minimum Gasteiger partial charge on any atom is -0.497 e. The number of carbonyl (C=O) groups excluding carboxylic acids is 1. The molecule has 8 nitrogen and oxygen atoms in total. The number of hydrazone groups is 1. The molecule has 0 radical (unpaired) electrons. The zero-order valence-electron chi connectivity index (χ0n) is 22.0. The van der Waals surface area contributed by atoms with Gasteiger partial charge in [-0.05, 0) is 79.2 Å². The number of methoxy groups -OCH3 is 1. The van der Waals surface area contributed by atoms with Crippen molar-refractivity contribution in [2.75, 3.05) is 18.0 Å². The van der Waals surface area contributed by atoms with Crippen molar-refractivity contribution in [1.29, 1.82) is 0 Å². The summed E-state index contributed by atoms with van der Waals surface area (Å²) in [6.45, 7) is 1.72. The number of nitrogens with one attached hydrogen (secondary N) is 1. The highest BCUT2D eigenvalue weighted by atomic mass is 35.5. The number of carbonyl (C=O) groups is 1. The van der Waals surface area contributed by atoms with Crippen molar-refractivity contribution < 1.29 is 22.7 Å². The maximum atomic E-state index is 13.5. The van der Waals surface area contributed by atoms with E-state index in [1.807, 2.05) is 31.2 Å². The van der Waals surface area contributed by atoms with E-state index < -0.39 is 22.5 Å². The van der Waals surface area contributed by atoms with E-state index in [4.69, 9.17) is 21.1 Å².